The molecule has 0 spiro atoms. The maximum atomic E-state index is 4.68. The van der Waals surface area contributed by atoms with Crippen molar-refractivity contribution in [2.24, 2.45) is 17.8 Å². The van der Waals surface area contributed by atoms with Gasteiger partial charge in [-0.25, -0.2) is 0 Å². The van der Waals surface area contributed by atoms with E-state index in [1.165, 1.54) is 48.4 Å². The van der Waals surface area contributed by atoms with Crippen molar-refractivity contribution in [1.82, 2.24) is 0 Å². The van der Waals surface area contributed by atoms with Gasteiger partial charge >= 0.3 is 0 Å². The van der Waals surface area contributed by atoms with Crippen molar-refractivity contribution in [3.8, 4) is 0 Å². The number of fused-ring (bicyclic) bond motifs is 1. The molecule has 0 N–H and O–H groups in total. The number of hydrogen-bond acceptors (Lipinski definition) is 0. The molecule has 2 fully saturated rings. The summed E-state index contributed by atoms with van der Waals surface area (Å²) >= 11 is 0. The molecule has 130 valence electrons. The molecule has 2 saturated carbocycles. The molecule has 0 nitrogen and oxygen atoms in total. The second-order valence-corrected chi connectivity index (χ2v) is 13.4. The van der Waals surface area contributed by atoms with E-state index in [2.05, 4.69) is 69.9 Å². The quantitative estimate of drug-likeness (QED) is 0.509. The minimum Gasteiger partial charge on any atom is -0.0992 e. The van der Waals surface area contributed by atoms with Crippen LogP contribution in [-0.2, 0) is 0 Å². The summed E-state index contributed by atoms with van der Waals surface area (Å²) in [6.07, 6.45) is 11.7. The topological polar surface area (TPSA) is 0 Å². The van der Waals surface area contributed by atoms with Gasteiger partial charge in [-0.15, -0.1) is 0 Å². The molecule has 0 bridgehead atoms. The van der Waals surface area contributed by atoms with Gasteiger partial charge in [0.1, 0.15) is 0 Å². The molecule has 0 radical (unpaired) electrons. The molecule has 0 amide bonds. The average Bonchev–Trinajstić information content (AvgIpc) is 2.91. The summed E-state index contributed by atoms with van der Waals surface area (Å²) in [5.74, 6) is 2.86. The predicted molar refractivity (Wildman–Crippen MR) is 111 cm³/mol. The molecule has 2 aliphatic rings. The van der Waals surface area contributed by atoms with Gasteiger partial charge in [-0.2, -0.15) is 0 Å². The number of allylic oxidation sites excluding steroid dienone is 1. The van der Waals surface area contributed by atoms with Crippen LogP contribution >= 0.6 is 0 Å². The van der Waals surface area contributed by atoms with Crippen LogP contribution in [0.15, 0.2) is 36.9 Å². The Balaban J connectivity index is 1.93. The van der Waals surface area contributed by atoms with Crippen molar-refractivity contribution in [3.05, 3.63) is 48.0 Å². The first-order valence-corrected chi connectivity index (χ1v) is 13.0. The zero-order valence-electron chi connectivity index (χ0n) is 16.0. The van der Waals surface area contributed by atoms with Crippen LogP contribution < -0.4 is 0 Å². The molecule has 1 heteroatoms. The van der Waals surface area contributed by atoms with Gasteiger partial charge in [-0.1, -0.05) is 93.9 Å². The molecule has 2 aliphatic carbocycles. The van der Waals surface area contributed by atoms with Gasteiger partial charge in [-0.3, -0.25) is 0 Å². The number of rotatable bonds is 4. The Labute approximate surface area is 150 Å². The van der Waals surface area contributed by atoms with Crippen LogP contribution in [0, 0.1) is 17.8 Å². The molecule has 0 saturated heterocycles. The molecule has 0 aromatic heterocycles. The van der Waals surface area contributed by atoms with Gasteiger partial charge in [0.05, 0.1) is 8.07 Å². The summed E-state index contributed by atoms with van der Waals surface area (Å²) in [5, 5.41) is 1.47. The first-order chi connectivity index (χ1) is 11.5. The van der Waals surface area contributed by atoms with Crippen LogP contribution in [0.25, 0.3) is 11.3 Å². The smallest absolute Gasteiger partial charge is 0.0842 e. The lowest BCUT2D eigenvalue weighted by molar-refractivity contribution is 0.275. The molecule has 0 aliphatic heterocycles. The molecule has 1 aromatic carbocycles. The maximum absolute atomic E-state index is 4.68. The maximum Gasteiger partial charge on any atom is 0.0842 e. The first kappa shape index (κ1) is 17.7. The van der Waals surface area contributed by atoms with Gasteiger partial charge in [0.2, 0.25) is 0 Å². The fraction of sp³-hybridized carbons (Fsp3) is 0.565. The van der Waals surface area contributed by atoms with E-state index in [9.17, 15) is 0 Å². The third-order valence-electron chi connectivity index (χ3n) is 6.96. The van der Waals surface area contributed by atoms with Crippen molar-refractivity contribution in [1.29, 1.82) is 0 Å². The van der Waals surface area contributed by atoms with E-state index in [1.54, 1.807) is 0 Å². The molecular formula is C23H34Si. The molecule has 4 unspecified atom stereocenters. The lowest BCUT2D eigenvalue weighted by Gasteiger charge is -2.41. The van der Waals surface area contributed by atoms with Crippen LogP contribution in [0.3, 0.4) is 0 Å². The minimum atomic E-state index is -1.57. The van der Waals surface area contributed by atoms with E-state index < -0.39 is 8.07 Å². The lowest BCUT2D eigenvalue weighted by Crippen LogP contribution is -2.40. The zero-order valence-corrected chi connectivity index (χ0v) is 17.0. The largest absolute Gasteiger partial charge is 0.0992 e. The Morgan fingerprint density at radius 2 is 1.88 bits per heavy atom. The zero-order chi connectivity index (χ0) is 17.3. The fourth-order valence-electron chi connectivity index (χ4n) is 5.94. The molecule has 4 atom stereocenters. The van der Waals surface area contributed by atoms with Crippen molar-refractivity contribution in [2.45, 2.75) is 64.6 Å². The van der Waals surface area contributed by atoms with Gasteiger partial charge in [0.15, 0.2) is 0 Å². The fourth-order valence-corrected chi connectivity index (χ4v) is 10.3. The summed E-state index contributed by atoms with van der Waals surface area (Å²) in [5.41, 5.74) is 3.66. The summed E-state index contributed by atoms with van der Waals surface area (Å²) < 4.78 is 0. The van der Waals surface area contributed by atoms with Crippen LogP contribution in [-0.4, -0.2) is 8.07 Å². The second kappa shape index (κ2) is 7.04. The molecule has 3 rings (SSSR count). The van der Waals surface area contributed by atoms with Gasteiger partial charge in [0, 0.05) is 0 Å². The van der Waals surface area contributed by atoms with E-state index in [1.807, 2.05) is 0 Å². The van der Waals surface area contributed by atoms with Crippen molar-refractivity contribution in [3.63, 3.8) is 0 Å². The average molecular weight is 339 g/mol. The van der Waals surface area contributed by atoms with Crippen LogP contribution in [0.2, 0.25) is 18.6 Å². The van der Waals surface area contributed by atoms with E-state index in [4.69, 9.17) is 0 Å². The standard InChI is InChI=1S/C23H34Si/c1-6-11-19-12-7-9-14-21(19)18(3)24(4,5)23-17(2)16-20-13-8-10-15-22(20)23/h6-7,9,11-12,14,17,20,22-23H,3,8,10,13,15-16H2,1-2,4-5H3/b11-6+. The molecule has 1 aromatic rings. The molecular weight excluding hydrogens is 304 g/mol. The Morgan fingerprint density at radius 1 is 1.17 bits per heavy atom. The van der Waals surface area contributed by atoms with Gasteiger partial charge in [-0.05, 0) is 47.8 Å². The minimum absolute atomic E-state index is 0.880. The van der Waals surface area contributed by atoms with Crippen molar-refractivity contribution >= 4 is 19.3 Å². The highest BCUT2D eigenvalue weighted by Gasteiger charge is 2.50. The Morgan fingerprint density at radius 3 is 2.62 bits per heavy atom. The summed E-state index contributed by atoms with van der Waals surface area (Å²) in [6, 6.07) is 8.87. The summed E-state index contributed by atoms with van der Waals surface area (Å²) in [6.45, 7) is 14.5. The highest BCUT2D eigenvalue weighted by molar-refractivity contribution is 6.95. The van der Waals surface area contributed by atoms with E-state index in [-0.39, 0.29) is 0 Å². The van der Waals surface area contributed by atoms with Crippen LogP contribution in [0.1, 0.15) is 57.1 Å². The second-order valence-electron chi connectivity index (χ2n) is 8.73. The Kier molecular flexibility index (Phi) is 5.20. The highest BCUT2D eigenvalue weighted by atomic mass is 28.3. The third-order valence-corrected chi connectivity index (χ3v) is 11.4. The van der Waals surface area contributed by atoms with E-state index in [0.717, 1.165) is 23.3 Å². The first-order valence-electron chi connectivity index (χ1n) is 9.88. The van der Waals surface area contributed by atoms with Crippen molar-refractivity contribution in [2.75, 3.05) is 0 Å². The van der Waals surface area contributed by atoms with Crippen molar-refractivity contribution < 1.29 is 0 Å². The SMILES string of the molecule is C=C(c1ccccc1/C=C/C)[Si](C)(C)C1C(C)CC2CCCCC21. The van der Waals surface area contributed by atoms with Gasteiger partial charge < -0.3 is 0 Å². The number of benzene rings is 1. The predicted octanol–water partition coefficient (Wildman–Crippen LogP) is 7.20. The van der Waals surface area contributed by atoms with E-state index >= 15 is 0 Å². The Hall–Kier alpha value is -1.08. The summed E-state index contributed by atoms with van der Waals surface area (Å²) in [4.78, 5) is 0. The molecule has 24 heavy (non-hydrogen) atoms. The van der Waals surface area contributed by atoms with Crippen LogP contribution in [0.4, 0.5) is 0 Å². The summed E-state index contributed by atoms with van der Waals surface area (Å²) in [7, 11) is -1.57. The normalized spacial score (nSPS) is 30.5. The number of hydrogen-bond donors (Lipinski definition) is 0. The third kappa shape index (κ3) is 3.08. The lowest BCUT2D eigenvalue weighted by atomic mass is 9.82. The Bertz CT molecular complexity index is 625. The molecule has 0 heterocycles. The highest BCUT2D eigenvalue weighted by Crippen LogP contribution is 2.58. The van der Waals surface area contributed by atoms with Crippen LogP contribution in [0.5, 0.6) is 0 Å². The monoisotopic (exact) mass is 338 g/mol. The van der Waals surface area contributed by atoms with E-state index in [0.29, 0.717) is 0 Å². The van der Waals surface area contributed by atoms with Gasteiger partial charge in [0.25, 0.3) is 0 Å².